The van der Waals surface area contributed by atoms with Crippen LogP contribution in [0.15, 0.2) is 0 Å². The predicted octanol–water partition coefficient (Wildman–Crippen LogP) is 1.73. The zero-order valence-electron chi connectivity index (χ0n) is 15.8. The Balaban J connectivity index is 2.49. The van der Waals surface area contributed by atoms with Crippen LogP contribution in [0.4, 0.5) is 9.59 Å². The molecular weight excluding hydrogens is 324 g/mol. The number of carbonyl (C=O) groups excluding carboxylic acids is 3. The highest BCUT2D eigenvalue weighted by atomic mass is 16.6. The van der Waals surface area contributed by atoms with E-state index < -0.39 is 23.8 Å². The number of likely N-dealkylation sites (tertiary alicyclic amines) is 1. The molecule has 1 atom stereocenters. The van der Waals surface area contributed by atoms with Gasteiger partial charge in [0.15, 0.2) is 0 Å². The number of piperidine rings is 1. The van der Waals surface area contributed by atoms with Crippen molar-refractivity contribution in [3.63, 3.8) is 0 Å². The fourth-order valence-electron chi connectivity index (χ4n) is 2.78. The molecule has 0 aromatic carbocycles. The first-order valence-corrected chi connectivity index (χ1v) is 8.96. The molecule has 0 bridgehead atoms. The summed E-state index contributed by atoms with van der Waals surface area (Å²) in [7, 11) is 0. The molecule has 8 nitrogen and oxygen atoms in total. The topological polar surface area (TPSA) is 114 Å². The van der Waals surface area contributed by atoms with Crippen molar-refractivity contribution < 1.29 is 19.1 Å². The number of alkyl carbamates (subject to hydrolysis) is 1. The van der Waals surface area contributed by atoms with E-state index in [1.54, 1.807) is 4.90 Å². The minimum absolute atomic E-state index is 0.0166. The number of ether oxygens (including phenoxy) is 1. The summed E-state index contributed by atoms with van der Waals surface area (Å²) in [6.45, 7) is 8.53. The number of primary amides is 1. The second-order valence-corrected chi connectivity index (χ2v) is 7.45. The van der Waals surface area contributed by atoms with Crippen LogP contribution >= 0.6 is 0 Å². The normalized spacial score (nSPS) is 16.9. The third kappa shape index (κ3) is 8.09. The number of urea groups is 1. The molecule has 1 aliphatic heterocycles. The average Bonchev–Trinajstić information content (AvgIpc) is 2.49. The highest BCUT2D eigenvalue weighted by Crippen LogP contribution is 2.15. The minimum atomic E-state index is -0.684. The van der Waals surface area contributed by atoms with Crippen LogP contribution < -0.4 is 16.4 Å². The zero-order chi connectivity index (χ0) is 19.0. The lowest BCUT2D eigenvalue weighted by Gasteiger charge is -2.34. The maximum absolute atomic E-state index is 12.6. The van der Waals surface area contributed by atoms with Gasteiger partial charge in [-0.15, -0.1) is 0 Å². The molecule has 0 saturated carbocycles. The SMILES string of the molecule is CCCCC(NC(N)=O)C(=O)N1CCC(NC(=O)OC(C)(C)C)CC1. The Morgan fingerprint density at radius 2 is 1.84 bits per heavy atom. The summed E-state index contributed by atoms with van der Waals surface area (Å²) in [6, 6.07) is -1.28. The van der Waals surface area contributed by atoms with Gasteiger partial charge < -0.3 is 26.0 Å². The molecule has 0 radical (unpaired) electrons. The number of carbonyl (C=O) groups is 3. The van der Waals surface area contributed by atoms with E-state index in [0.717, 1.165) is 12.8 Å². The Morgan fingerprint density at radius 1 is 1.24 bits per heavy atom. The Morgan fingerprint density at radius 3 is 2.32 bits per heavy atom. The van der Waals surface area contributed by atoms with Crippen LogP contribution in [0, 0.1) is 0 Å². The third-order valence-corrected chi connectivity index (χ3v) is 3.99. The molecule has 1 saturated heterocycles. The highest BCUT2D eigenvalue weighted by Gasteiger charge is 2.29. The van der Waals surface area contributed by atoms with Crippen LogP contribution in [0.1, 0.15) is 59.8 Å². The van der Waals surface area contributed by atoms with Crippen molar-refractivity contribution in [3.8, 4) is 0 Å². The van der Waals surface area contributed by atoms with Crippen molar-refractivity contribution in [1.29, 1.82) is 0 Å². The van der Waals surface area contributed by atoms with Crippen molar-refractivity contribution in [2.75, 3.05) is 13.1 Å². The molecule has 1 heterocycles. The van der Waals surface area contributed by atoms with E-state index in [0.29, 0.717) is 32.4 Å². The Hall–Kier alpha value is -1.99. The van der Waals surface area contributed by atoms with Gasteiger partial charge in [-0.2, -0.15) is 0 Å². The molecule has 1 fully saturated rings. The number of rotatable bonds is 6. The van der Waals surface area contributed by atoms with Crippen molar-refractivity contribution in [2.45, 2.75) is 77.5 Å². The Kier molecular flexibility index (Phi) is 7.99. The molecule has 4 N–H and O–H groups in total. The molecule has 0 aromatic rings. The monoisotopic (exact) mass is 356 g/mol. The maximum atomic E-state index is 12.6. The molecule has 144 valence electrons. The van der Waals surface area contributed by atoms with Gasteiger partial charge in [-0.25, -0.2) is 9.59 Å². The number of unbranched alkanes of at least 4 members (excludes halogenated alkanes) is 1. The van der Waals surface area contributed by atoms with E-state index >= 15 is 0 Å². The number of nitrogens with zero attached hydrogens (tertiary/aromatic N) is 1. The van der Waals surface area contributed by atoms with Gasteiger partial charge in [0.1, 0.15) is 11.6 Å². The largest absolute Gasteiger partial charge is 0.444 e. The summed E-state index contributed by atoms with van der Waals surface area (Å²) in [5.41, 5.74) is 4.64. The summed E-state index contributed by atoms with van der Waals surface area (Å²) in [5.74, 6) is -0.108. The van der Waals surface area contributed by atoms with Crippen molar-refractivity contribution >= 4 is 18.0 Å². The number of nitrogens with two attached hydrogens (primary N) is 1. The number of hydrogen-bond donors (Lipinski definition) is 3. The first kappa shape index (κ1) is 21.1. The molecular formula is C17H32N4O4. The summed E-state index contributed by atoms with van der Waals surface area (Å²) < 4.78 is 5.25. The van der Waals surface area contributed by atoms with E-state index in [9.17, 15) is 14.4 Å². The molecule has 1 unspecified atom stereocenters. The number of amides is 4. The van der Waals surface area contributed by atoms with Gasteiger partial charge in [0.05, 0.1) is 0 Å². The maximum Gasteiger partial charge on any atom is 0.407 e. The molecule has 0 aliphatic carbocycles. The Labute approximate surface area is 149 Å². The summed E-state index contributed by atoms with van der Waals surface area (Å²) in [4.78, 5) is 37.3. The van der Waals surface area contributed by atoms with E-state index in [-0.39, 0.29) is 11.9 Å². The van der Waals surface area contributed by atoms with Crippen LogP contribution in [0.2, 0.25) is 0 Å². The lowest BCUT2D eigenvalue weighted by Crippen LogP contribution is -2.54. The first-order chi connectivity index (χ1) is 11.6. The minimum Gasteiger partial charge on any atom is -0.444 e. The third-order valence-electron chi connectivity index (χ3n) is 3.99. The zero-order valence-corrected chi connectivity index (χ0v) is 15.8. The van der Waals surface area contributed by atoms with Gasteiger partial charge in [0, 0.05) is 19.1 Å². The van der Waals surface area contributed by atoms with Crippen molar-refractivity contribution in [3.05, 3.63) is 0 Å². The molecule has 1 rings (SSSR count). The summed E-state index contributed by atoms with van der Waals surface area (Å²) >= 11 is 0. The van der Waals surface area contributed by atoms with Crippen LogP contribution in [0.25, 0.3) is 0 Å². The Bertz CT molecular complexity index is 468. The van der Waals surface area contributed by atoms with Gasteiger partial charge in [-0.05, 0) is 40.0 Å². The fraction of sp³-hybridized carbons (Fsp3) is 0.824. The standard InChI is InChI=1S/C17H32N4O4/c1-5-6-7-13(20-15(18)23)14(22)21-10-8-12(9-11-21)19-16(24)25-17(2,3)4/h12-13H,5-11H2,1-4H3,(H,19,24)(H3,18,20,23). The quantitative estimate of drug-likeness (QED) is 0.672. The molecule has 0 spiro atoms. The average molecular weight is 356 g/mol. The number of hydrogen-bond acceptors (Lipinski definition) is 4. The summed E-state index contributed by atoms with van der Waals surface area (Å²) in [5, 5.41) is 5.38. The number of nitrogens with one attached hydrogen (secondary N) is 2. The van der Waals surface area contributed by atoms with Gasteiger partial charge in [-0.1, -0.05) is 19.8 Å². The lowest BCUT2D eigenvalue weighted by molar-refractivity contribution is -0.134. The highest BCUT2D eigenvalue weighted by molar-refractivity contribution is 5.86. The van der Waals surface area contributed by atoms with Gasteiger partial charge in [-0.3, -0.25) is 4.79 Å². The second-order valence-electron chi connectivity index (χ2n) is 7.45. The van der Waals surface area contributed by atoms with Crippen LogP contribution in [-0.2, 0) is 9.53 Å². The molecule has 0 aromatic heterocycles. The second kappa shape index (κ2) is 9.48. The van der Waals surface area contributed by atoms with Crippen molar-refractivity contribution in [2.24, 2.45) is 5.73 Å². The van der Waals surface area contributed by atoms with E-state index in [4.69, 9.17) is 10.5 Å². The van der Waals surface area contributed by atoms with Crippen LogP contribution in [0.5, 0.6) is 0 Å². The molecule has 8 heteroatoms. The predicted molar refractivity (Wildman–Crippen MR) is 95.0 cm³/mol. The molecule has 25 heavy (non-hydrogen) atoms. The van der Waals surface area contributed by atoms with Gasteiger partial charge in [0.2, 0.25) is 5.91 Å². The molecule has 4 amide bonds. The van der Waals surface area contributed by atoms with Gasteiger partial charge >= 0.3 is 12.1 Å². The van der Waals surface area contributed by atoms with E-state index in [2.05, 4.69) is 10.6 Å². The van der Waals surface area contributed by atoms with Crippen LogP contribution in [-0.4, -0.2) is 53.7 Å². The first-order valence-electron chi connectivity index (χ1n) is 8.96. The molecule has 1 aliphatic rings. The lowest BCUT2D eigenvalue weighted by atomic mass is 10.0. The summed E-state index contributed by atoms with van der Waals surface area (Å²) in [6.07, 6.45) is 3.23. The van der Waals surface area contributed by atoms with E-state index in [1.807, 2.05) is 27.7 Å². The van der Waals surface area contributed by atoms with Gasteiger partial charge in [0.25, 0.3) is 0 Å². The smallest absolute Gasteiger partial charge is 0.407 e. The van der Waals surface area contributed by atoms with Crippen molar-refractivity contribution in [1.82, 2.24) is 15.5 Å². The fourth-order valence-corrected chi connectivity index (χ4v) is 2.78. The van der Waals surface area contributed by atoms with Crippen LogP contribution in [0.3, 0.4) is 0 Å². The van der Waals surface area contributed by atoms with E-state index in [1.165, 1.54) is 0 Å².